The lowest BCUT2D eigenvalue weighted by Gasteiger charge is -2.29. The fourth-order valence-corrected chi connectivity index (χ4v) is 3.94. The quantitative estimate of drug-likeness (QED) is 0.544. The molecule has 12 heteroatoms. The number of hydrogen-bond acceptors (Lipinski definition) is 6. The van der Waals surface area contributed by atoms with Crippen LogP contribution >= 0.6 is 0 Å². The number of fused-ring (bicyclic) bond motifs is 1. The van der Waals surface area contributed by atoms with Crippen molar-refractivity contribution in [2.75, 3.05) is 13.2 Å². The summed E-state index contributed by atoms with van der Waals surface area (Å²) in [6, 6.07) is 1.28. The van der Waals surface area contributed by atoms with Gasteiger partial charge >= 0.3 is 0 Å². The fourth-order valence-electron chi connectivity index (χ4n) is 3.94. The second-order valence-electron chi connectivity index (χ2n) is 8.25. The Labute approximate surface area is 193 Å². The zero-order valence-electron chi connectivity index (χ0n) is 19.0. The number of carbonyl (C=O) groups excluding carboxylic acids is 1. The number of amides is 1. The predicted molar refractivity (Wildman–Crippen MR) is 113 cm³/mol. The summed E-state index contributed by atoms with van der Waals surface area (Å²) in [6.45, 7) is 2.49. The van der Waals surface area contributed by atoms with Gasteiger partial charge in [0.25, 0.3) is 12.4 Å². The standard InChI is InChI=1S/C22H26F4N4O4/c1-11(28-12(2)31)9-32-13-4-6-14(7-5-13)34-22-29-19-17(25)15(8-27)21(33-10-16(23)24)18(26)20(19)30(22)3/h11,13-14,16H,4-7,9-10H2,1-3H3,(H,28,31)/t11-,13-,14-/m0/s1. The van der Waals surface area contributed by atoms with E-state index >= 15 is 4.39 Å². The molecule has 1 aromatic heterocycles. The molecule has 3 rings (SSSR count). The zero-order valence-corrected chi connectivity index (χ0v) is 19.0. The molecule has 0 unspecified atom stereocenters. The molecule has 1 saturated carbocycles. The number of rotatable bonds is 9. The Hall–Kier alpha value is -3.07. The van der Waals surface area contributed by atoms with Crippen molar-refractivity contribution in [1.82, 2.24) is 14.9 Å². The van der Waals surface area contributed by atoms with Crippen LogP contribution in [0.5, 0.6) is 11.8 Å². The molecule has 1 aromatic carbocycles. The van der Waals surface area contributed by atoms with Gasteiger partial charge in [-0.1, -0.05) is 0 Å². The number of alkyl halides is 2. The number of ether oxygens (including phenoxy) is 3. The van der Waals surface area contributed by atoms with Gasteiger partial charge < -0.3 is 19.5 Å². The number of halogens is 4. The zero-order chi connectivity index (χ0) is 25.0. The molecule has 0 spiro atoms. The summed E-state index contributed by atoms with van der Waals surface area (Å²) in [5.41, 5.74) is -1.62. The highest BCUT2D eigenvalue weighted by atomic mass is 19.3. The van der Waals surface area contributed by atoms with Gasteiger partial charge in [-0.3, -0.25) is 9.36 Å². The Morgan fingerprint density at radius 2 is 1.85 bits per heavy atom. The van der Waals surface area contributed by atoms with E-state index < -0.39 is 41.5 Å². The summed E-state index contributed by atoms with van der Waals surface area (Å²) in [5.74, 6) is -3.34. The van der Waals surface area contributed by atoms with Gasteiger partial charge in [-0.15, -0.1) is 0 Å². The number of carbonyl (C=O) groups is 1. The minimum absolute atomic E-state index is 0.000816. The highest BCUT2D eigenvalue weighted by molar-refractivity contribution is 5.83. The van der Waals surface area contributed by atoms with Crippen LogP contribution in [0.4, 0.5) is 17.6 Å². The van der Waals surface area contributed by atoms with E-state index in [0.717, 1.165) is 0 Å². The van der Waals surface area contributed by atoms with Crippen LogP contribution in [0.2, 0.25) is 0 Å². The van der Waals surface area contributed by atoms with Crippen molar-refractivity contribution >= 4 is 16.9 Å². The summed E-state index contributed by atoms with van der Waals surface area (Å²) < 4.78 is 72.5. The molecule has 1 atom stereocenters. The van der Waals surface area contributed by atoms with Crippen molar-refractivity contribution in [3.63, 3.8) is 0 Å². The van der Waals surface area contributed by atoms with Crippen LogP contribution in [0.25, 0.3) is 11.0 Å². The lowest BCUT2D eigenvalue weighted by Crippen LogP contribution is -2.37. The van der Waals surface area contributed by atoms with Gasteiger partial charge in [0.05, 0.1) is 12.7 Å². The van der Waals surface area contributed by atoms with Crippen LogP contribution in [0.3, 0.4) is 0 Å². The number of nitriles is 1. The van der Waals surface area contributed by atoms with Crippen LogP contribution in [-0.4, -0.2) is 53.3 Å². The third-order valence-corrected chi connectivity index (χ3v) is 5.51. The van der Waals surface area contributed by atoms with E-state index in [9.17, 15) is 23.2 Å². The van der Waals surface area contributed by atoms with E-state index in [2.05, 4.69) is 15.0 Å². The lowest BCUT2D eigenvalue weighted by atomic mass is 9.95. The van der Waals surface area contributed by atoms with Crippen LogP contribution in [0, 0.1) is 23.0 Å². The van der Waals surface area contributed by atoms with Gasteiger partial charge in [0.2, 0.25) is 5.91 Å². The molecule has 1 fully saturated rings. The molecule has 1 amide bonds. The van der Waals surface area contributed by atoms with Crippen molar-refractivity contribution in [2.24, 2.45) is 7.05 Å². The first-order valence-electron chi connectivity index (χ1n) is 10.9. The van der Waals surface area contributed by atoms with Gasteiger partial charge in [-0.05, 0) is 32.6 Å². The predicted octanol–water partition coefficient (Wildman–Crippen LogP) is 3.60. The molecule has 1 heterocycles. The minimum Gasteiger partial charge on any atom is -0.483 e. The molecule has 0 aliphatic heterocycles. The Kier molecular flexibility index (Phi) is 8.19. The summed E-state index contributed by atoms with van der Waals surface area (Å²) in [5, 5.41) is 12.0. The molecule has 0 bridgehead atoms. The van der Waals surface area contributed by atoms with Crippen molar-refractivity contribution < 1.29 is 36.6 Å². The Morgan fingerprint density at radius 1 is 1.21 bits per heavy atom. The van der Waals surface area contributed by atoms with Crippen LogP contribution in [-0.2, 0) is 16.6 Å². The third kappa shape index (κ3) is 5.70. The summed E-state index contributed by atoms with van der Waals surface area (Å²) in [4.78, 5) is 15.1. The molecule has 0 radical (unpaired) electrons. The number of benzene rings is 1. The van der Waals surface area contributed by atoms with Gasteiger partial charge in [0.15, 0.2) is 17.4 Å². The highest BCUT2D eigenvalue weighted by Crippen LogP contribution is 2.36. The molecule has 0 saturated heterocycles. The van der Waals surface area contributed by atoms with E-state index in [1.54, 1.807) is 0 Å². The Morgan fingerprint density at radius 3 is 2.44 bits per heavy atom. The number of nitrogens with one attached hydrogen (secondary N) is 1. The Balaban J connectivity index is 1.71. The number of aromatic nitrogens is 2. The molecule has 8 nitrogen and oxygen atoms in total. The van der Waals surface area contributed by atoms with E-state index in [1.165, 1.54) is 24.6 Å². The van der Waals surface area contributed by atoms with Crippen molar-refractivity contribution in [1.29, 1.82) is 5.26 Å². The van der Waals surface area contributed by atoms with Crippen LogP contribution < -0.4 is 14.8 Å². The summed E-state index contributed by atoms with van der Waals surface area (Å²) in [6.07, 6.45) is -0.608. The summed E-state index contributed by atoms with van der Waals surface area (Å²) >= 11 is 0. The second kappa shape index (κ2) is 10.9. The van der Waals surface area contributed by atoms with Gasteiger partial charge in [-0.2, -0.15) is 10.2 Å². The average molecular weight is 486 g/mol. The maximum Gasteiger partial charge on any atom is 0.297 e. The molecule has 1 N–H and O–H groups in total. The monoisotopic (exact) mass is 486 g/mol. The van der Waals surface area contributed by atoms with Crippen LogP contribution in [0.15, 0.2) is 0 Å². The van der Waals surface area contributed by atoms with E-state index in [4.69, 9.17) is 9.47 Å². The molecule has 1 aliphatic carbocycles. The van der Waals surface area contributed by atoms with Gasteiger partial charge in [-0.25, -0.2) is 17.6 Å². The normalized spacial score (nSPS) is 19.1. The maximum atomic E-state index is 15.0. The number of aryl methyl sites for hydroxylation is 1. The SMILES string of the molecule is CC(=O)N[C@@H](C)CO[C@H]1CC[C@H](Oc2nc3c(F)c(C#N)c(OCC(F)F)c(F)c3n2C)CC1. The average Bonchev–Trinajstić information content (AvgIpc) is 3.10. The third-order valence-electron chi connectivity index (χ3n) is 5.51. The van der Waals surface area contributed by atoms with Crippen molar-refractivity contribution in [2.45, 2.75) is 64.2 Å². The molecule has 2 aromatic rings. The first-order chi connectivity index (χ1) is 16.1. The van der Waals surface area contributed by atoms with Crippen LogP contribution in [0.1, 0.15) is 45.1 Å². The second-order valence-corrected chi connectivity index (χ2v) is 8.25. The molecule has 1 aliphatic rings. The first kappa shape index (κ1) is 25.6. The van der Waals surface area contributed by atoms with Gasteiger partial charge in [0, 0.05) is 20.0 Å². The molecule has 34 heavy (non-hydrogen) atoms. The van der Waals surface area contributed by atoms with Crippen molar-refractivity contribution in [3.05, 3.63) is 17.2 Å². The van der Waals surface area contributed by atoms with E-state index in [-0.39, 0.29) is 35.7 Å². The fraction of sp³-hybridized carbons (Fsp3) is 0.591. The molecular formula is C22H26F4N4O4. The topological polar surface area (TPSA) is 98.4 Å². The number of nitrogens with zero attached hydrogens (tertiary/aromatic N) is 3. The minimum atomic E-state index is -2.93. The molecular weight excluding hydrogens is 460 g/mol. The van der Waals surface area contributed by atoms with Gasteiger partial charge in [0.1, 0.15) is 35.4 Å². The number of hydrogen-bond donors (Lipinski definition) is 1. The van der Waals surface area contributed by atoms with E-state index in [0.29, 0.717) is 32.3 Å². The van der Waals surface area contributed by atoms with E-state index in [1.807, 2.05) is 6.92 Å². The maximum absolute atomic E-state index is 15.0. The highest BCUT2D eigenvalue weighted by Gasteiger charge is 2.29. The smallest absolute Gasteiger partial charge is 0.297 e. The largest absolute Gasteiger partial charge is 0.483 e. The Bertz CT molecular complexity index is 1080. The van der Waals surface area contributed by atoms with Crippen molar-refractivity contribution in [3.8, 4) is 17.8 Å². The molecule has 186 valence electrons. The lowest BCUT2D eigenvalue weighted by molar-refractivity contribution is -0.120. The summed E-state index contributed by atoms with van der Waals surface area (Å²) in [7, 11) is 1.40. The first-order valence-corrected chi connectivity index (χ1v) is 10.9. The number of imidazole rings is 1.